The zero-order valence-electron chi connectivity index (χ0n) is 17.2. The molecule has 0 fully saturated rings. The molecule has 1 N–H and O–H groups in total. The third-order valence-electron chi connectivity index (χ3n) is 4.31. The number of aryl methyl sites for hydroxylation is 1. The molecule has 8 nitrogen and oxygen atoms in total. The van der Waals surface area contributed by atoms with Gasteiger partial charge in [0.1, 0.15) is 18.1 Å². The Bertz CT molecular complexity index is 1150. The van der Waals surface area contributed by atoms with Crippen molar-refractivity contribution in [2.75, 3.05) is 19.4 Å². The number of aromatic nitrogens is 2. The molecule has 0 aliphatic heterocycles. The Labute approximate surface area is 179 Å². The van der Waals surface area contributed by atoms with E-state index in [1.165, 1.54) is 27.9 Å². The van der Waals surface area contributed by atoms with E-state index in [1.54, 1.807) is 21.0 Å². The Morgan fingerprint density at radius 1 is 1.16 bits per heavy atom. The summed E-state index contributed by atoms with van der Waals surface area (Å²) in [5.74, 6) is -9.23. The monoisotopic (exact) mass is 454 g/mol. The van der Waals surface area contributed by atoms with Crippen LogP contribution in [0.25, 0.3) is 0 Å². The number of rotatable bonds is 7. The minimum absolute atomic E-state index is 0.0486. The molecule has 0 saturated heterocycles. The predicted molar refractivity (Wildman–Crippen MR) is 103 cm³/mol. The highest BCUT2D eigenvalue weighted by Crippen LogP contribution is 2.27. The second-order valence-electron chi connectivity index (χ2n) is 6.73. The molecule has 2 amide bonds. The van der Waals surface area contributed by atoms with E-state index in [4.69, 9.17) is 9.15 Å². The fraction of sp³-hybridized carbons (Fsp3) is 0.250. The number of furan rings is 1. The molecule has 0 radical (unpaired) electrons. The summed E-state index contributed by atoms with van der Waals surface area (Å²) in [6, 6.07) is 2.59. The van der Waals surface area contributed by atoms with Crippen molar-refractivity contribution < 1.29 is 36.3 Å². The van der Waals surface area contributed by atoms with E-state index >= 15 is 0 Å². The summed E-state index contributed by atoms with van der Waals surface area (Å²) in [7, 11) is 3.10. The molecule has 0 bridgehead atoms. The fourth-order valence-corrected chi connectivity index (χ4v) is 2.74. The standard InChI is InChI=1S/C20H18F4N4O4/c1-4-28-17(20(30)27(2)3)13(8-25-28)26-19(29)14-6-5-10(32-14)9-31-18-15(23)11(21)7-12(22)16(18)24/h5-8H,4,9H2,1-3H3,(H,26,29). The van der Waals surface area contributed by atoms with Crippen molar-refractivity contribution in [3.05, 3.63) is 64.9 Å². The van der Waals surface area contributed by atoms with E-state index in [1.807, 2.05) is 0 Å². The summed E-state index contributed by atoms with van der Waals surface area (Å²) in [5, 5.41) is 6.57. The van der Waals surface area contributed by atoms with Gasteiger partial charge in [0.2, 0.25) is 11.6 Å². The molecule has 12 heteroatoms. The van der Waals surface area contributed by atoms with Gasteiger partial charge in [0.15, 0.2) is 23.1 Å². The molecule has 32 heavy (non-hydrogen) atoms. The van der Waals surface area contributed by atoms with Gasteiger partial charge >= 0.3 is 0 Å². The molecule has 0 aliphatic rings. The van der Waals surface area contributed by atoms with Gasteiger partial charge < -0.3 is 19.4 Å². The van der Waals surface area contributed by atoms with Gasteiger partial charge in [0, 0.05) is 26.7 Å². The lowest BCUT2D eigenvalue weighted by Crippen LogP contribution is -2.26. The summed E-state index contributed by atoms with van der Waals surface area (Å²) in [5.41, 5.74) is 0.323. The first-order chi connectivity index (χ1) is 15.1. The molecule has 0 spiro atoms. The maximum Gasteiger partial charge on any atom is 0.291 e. The van der Waals surface area contributed by atoms with Gasteiger partial charge in [-0.3, -0.25) is 14.3 Å². The predicted octanol–water partition coefficient (Wildman–Crippen LogP) is 3.59. The zero-order valence-corrected chi connectivity index (χ0v) is 17.2. The van der Waals surface area contributed by atoms with Gasteiger partial charge in [-0.2, -0.15) is 13.9 Å². The van der Waals surface area contributed by atoms with E-state index in [2.05, 4.69) is 10.4 Å². The summed E-state index contributed by atoms with van der Waals surface area (Å²) < 4.78 is 65.3. The minimum atomic E-state index is -1.69. The van der Waals surface area contributed by atoms with Crippen molar-refractivity contribution in [2.45, 2.75) is 20.1 Å². The van der Waals surface area contributed by atoms with Gasteiger partial charge in [-0.05, 0) is 19.1 Å². The van der Waals surface area contributed by atoms with Crippen molar-refractivity contribution in [3.8, 4) is 5.75 Å². The summed E-state index contributed by atoms with van der Waals surface area (Å²) in [6.07, 6.45) is 1.31. The summed E-state index contributed by atoms with van der Waals surface area (Å²) >= 11 is 0. The van der Waals surface area contributed by atoms with E-state index < -0.39 is 41.5 Å². The van der Waals surface area contributed by atoms with Crippen molar-refractivity contribution in [1.82, 2.24) is 14.7 Å². The van der Waals surface area contributed by atoms with Crippen molar-refractivity contribution in [1.29, 1.82) is 0 Å². The molecule has 1 aromatic carbocycles. The Balaban J connectivity index is 1.74. The first-order valence-electron chi connectivity index (χ1n) is 9.27. The first-order valence-corrected chi connectivity index (χ1v) is 9.27. The van der Waals surface area contributed by atoms with Gasteiger partial charge in [-0.1, -0.05) is 0 Å². The summed E-state index contributed by atoms with van der Waals surface area (Å²) in [6.45, 7) is 1.56. The minimum Gasteiger partial charge on any atom is -0.479 e. The molecule has 0 unspecified atom stereocenters. The van der Waals surface area contributed by atoms with Gasteiger partial charge in [0.25, 0.3) is 11.8 Å². The second-order valence-corrected chi connectivity index (χ2v) is 6.73. The Hall–Kier alpha value is -3.83. The molecule has 3 aromatic rings. The van der Waals surface area contributed by atoms with Crippen LogP contribution in [0.1, 0.15) is 33.7 Å². The number of anilines is 1. The van der Waals surface area contributed by atoms with Crippen molar-refractivity contribution in [2.24, 2.45) is 0 Å². The van der Waals surface area contributed by atoms with E-state index in [-0.39, 0.29) is 34.9 Å². The number of benzene rings is 1. The maximum atomic E-state index is 13.7. The first kappa shape index (κ1) is 22.8. The van der Waals surface area contributed by atoms with Crippen molar-refractivity contribution >= 4 is 17.5 Å². The zero-order chi connectivity index (χ0) is 23.6. The number of hydrogen-bond acceptors (Lipinski definition) is 5. The van der Waals surface area contributed by atoms with Crippen LogP contribution in [0.15, 0.2) is 28.8 Å². The van der Waals surface area contributed by atoms with Crippen LogP contribution in [0.4, 0.5) is 23.2 Å². The molecule has 170 valence electrons. The Kier molecular flexibility index (Phi) is 6.51. The average Bonchev–Trinajstić information content (AvgIpc) is 3.38. The molecule has 2 aromatic heterocycles. The number of amides is 2. The largest absolute Gasteiger partial charge is 0.479 e. The van der Waals surface area contributed by atoms with Crippen LogP contribution in [-0.2, 0) is 13.2 Å². The van der Waals surface area contributed by atoms with Gasteiger partial charge in [-0.15, -0.1) is 0 Å². The van der Waals surface area contributed by atoms with Crippen LogP contribution in [0.5, 0.6) is 5.75 Å². The lowest BCUT2D eigenvalue weighted by atomic mass is 10.3. The topological polar surface area (TPSA) is 89.6 Å². The average molecular weight is 454 g/mol. The number of hydrogen-bond donors (Lipinski definition) is 1. The number of nitrogens with one attached hydrogen (secondary N) is 1. The smallest absolute Gasteiger partial charge is 0.291 e. The Morgan fingerprint density at radius 3 is 2.41 bits per heavy atom. The van der Waals surface area contributed by atoms with E-state index in [0.29, 0.717) is 6.54 Å². The van der Waals surface area contributed by atoms with E-state index in [9.17, 15) is 27.2 Å². The molecule has 3 rings (SSSR count). The highest BCUT2D eigenvalue weighted by atomic mass is 19.2. The lowest BCUT2D eigenvalue weighted by molar-refractivity contribution is 0.0816. The summed E-state index contributed by atoms with van der Waals surface area (Å²) in [4.78, 5) is 26.3. The Morgan fingerprint density at radius 2 is 1.81 bits per heavy atom. The number of ether oxygens (including phenoxy) is 1. The van der Waals surface area contributed by atoms with E-state index in [0.717, 1.165) is 0 Å². The lowest BCUT2D eigenvalue weighted by Gasteiger charge is -2.13. The number of carbonyl (C=O) groups excluding carboxylic acids is 2. The maximum absolute atomic E-state index is 13.7. The highest BCUT2D eigenvalue weighted by molar-refractivity contribution is 6.07. The van der Waals surface area contributed by atoms with Crippen LogP contribution in [-0.4, -0.2) is 40.6 Å². The van der Waals surface area contributed by atoms with Crippen LogP contribution >= 0.6 is 0 Å². The number of nitrogens with zero attached hydrogens (tertiary/aromatic N) is 3. The van der Waals surface area contributed by atoms with Gasteiger partial charge in [0.05, 0.1) is 11.9 Å². The molecular weight excluding hydrogens is 436 g/mol. The third kappa shape index (κ3) is 4.43. The van der Waals surface area contributed by atoms with Crippen LogP contribution in [0.3, 0.4) is 0 Å². The van der Waals surface area contributed by atoms with Crippen LogP contribution in [0.2, 0.25) is 0 Å². The molecule has 0 saturated carbocycles. The molecule has 2 heterocycles. The number of carbonyl (C=O) groups is 2. The molecule has 0 aliphatic carbocycles. The quantitative estimate of drug-likeness (QED) is 0.436. The van der Waals surface area contributed by atoms with Gasteiger partial charge in [-0.25, -0.2) is 8.78 Å². The van der Waals surface area contributed by atoms with Crippen LogP contribution in [0, 0.1) is 23.3 Å². The third-order valence-corrected chi connectivity index (χ3v) is 4.31. The molecule has 0 atom stereocenters. The highest BCUT2D eigenvalue weighted by Gasteiger charge is 2.24. The second kappa shape index (κ2) is 9.12. The van der Waals surface area contributed by atoms with Crippen LogP contribution < -0.4 is 10.1 Å². The fourth-order valence-electron chi connectivity index (χ4n) is 2.74. The van der Waals surface area contributed by atoms with Crippen molar-refractivity contribution in [3.63, 3.8) is 0 Å². The molecular formula is C20H18F4N4O4. The SMILES string of the molecule is CCn1ncc(NC(=O)c2ccc(COc3c(F)c(F)cc(F)c3F)o2)c1C(=O)N(C)C. The number of halogens is 4. The normalized spacial score (nSPS) is 10.8.